The number of amides is 1. The molecular weight excluding hydrogens is 374 g/mol. The van der Waals surface area contributed by atoms with Crippen molar-refractivity contribution < 1.29 is 13.2 Å². The summed E-state index contributed by atoms with van der Waals surface area (Å²) in [6.45, 7) is 9.19. The van der Waals surface area contributed by atoms with Crippen molar-refractivity contribution in [2.24, 2.45) is 11.7 Å². The minimum atomic E-state index is -3.53. The number of nitrogens with zero attached hydrogens (tertiary/aromatic N) is 2. The highest BCUT2D eigenvalue weighted by molar-refractivity contribution is 7.89. The molecule has 1 amide bonds. The van der Waals surface area contributed by atoms with Crippen molar-refractivity contribution in [3.05, 3.63) is 29.3 Å². The Labute approximate surface area is 163 Å². The van der Waals surface area contributed by atoms with Gasteiger partial charge < -0.3 is 10.6 Å². The Hall–Kier alpha value is -1.15. The number of piperazine rings is 1. The van der Waals surface area contributed by atoms with Crippen LogP contribution < -0.4 is 5.73 Å². The molecule has 148 valence electrons. The van der Waals surface area contributed by atoms with Gasteiger partial charge in [-0.1, -0.05) is 26.3 Å². The number of halogens is 1. The van der Waals surface area contributed by atoms with E-state index in [1.807, 2.05) is 33.8 Å². The van der Waals surface area contributed by atoms with Crippen molar-refractivity contribution in [2.75, 3.05) is 26.2 Å². The van der Waals surface area contributed by atoms with Crippen LogP contribution in [0.3, 0.4) is 0 Å². The largest absolute Gasteiger partial charge is 0.339 e. The molecule has 2 N–H and O–H groups in total. The molecular formula is C18H30ClN3O3S. The summed E-state index contributed by atoms with van der Waals surface area (Å²) in [5.41, 5.74) is 8.04. The van der Waals surface area contributed by atoms with E-state index < -0.39 is 16.1 Å². The van der Waals surface area contributed by atoms with E-state index in [9.17, 15) is 13.2 Å². The molecule has 1 aromatic rings. The minimum Gasteiger partial charge on any atom is -0.339 e. The van der Waals surface area contributed by atoms with Gasteiger partial charge in [0.1, 0.15) is 0 Å². The second kappa shape index (κ2) is 9.17. The average molecular weight is 404 g/mol. The number of carbonyl (C=O) groups is 1. The molecule has 0 saturated carbocycles. The van der Waals surface area contributed by atoms with Gasteiger partial charge in [-0.2, -0.15) is 4.31 Å². The molecule has 1 fully saturated rings. The zero-order valence-electron chi connectivity index (χ0n) is 15.9. The quantitative estimate of drug-likeness (QED) is 0.814. The lowest BCUT2D eigenvalue weighted by atomic mass is 9.99. The number of hydrogen-bond donors (Lipinski definition) is 1. The minimum absolute atomic E-state index is 0. The van der Waals surface area contributed by atoms with E-state index in [2.05, 4.69) is 0 Å². The van der Waals surface area contributed by atoms with Gasteiger partial charge in [-0.05, 0) is 43.0 Å². The molecule has 0 bridgehead atoms. The Balaban J connectivity index is 0.00000338. The normalized spacial score (nSPS) is 18.1. The van der Waals surface area contributed by atoms with Gasteiger partial charge in [0, 0.05) is 26.2 Å². The highest BCUT2D eigenvalue weighted by Crippen LogP contribution is 2.21. The summed E-state index contributed by atoms with van der Waals surface area (Å²) in [5, 5.41) is 0. The van der Waals surface area contributed by atoms with E-state index in [-0.39, 0.29) is 24.2 Å². The first kappa shape index (κ1) is 22.9. The van der Waals surface area contributed by atoms with Crippen LogP contribution >= 0.6 is 12.4 Å². The smallest absolute Gasteiger partial charge is 0.243 e. The van der Waals surface area contributed by atoms with Crippen molar-refractivity contribution in [1.82, 2.24) is 9.21 Å². The lowest BCUT2D eigenvalue weighted by Crippen LogP contribution is -2.55. The molecule has 2 rings (SSSR count). The van der Waals surface area contributed by atoms with E-state index in [0.717, 1.165) is 17.5 Å². The molecule has 0 radical (unpaired) electrons. The van der Waals surface area contributed by atoms with Gasteiger partial charge in [-0.15, -0.1) is 12.4 Å². The molecule has 2 atom stereocenters. The fraction of sp³-hybridized carbons (Fsp3) is 0.611. The lowest BCUT2D eigenvalue weighted by molar-refractivity contribution is -0.134. The van der Waals surface area contributed by atoms with Gasteiger partial charge in [0.25, 0.3) is 0 Å². The Morgan fingerprint density at radius 1 is 1.15 bits per heavy atom. The molecule has 1 aliphatic rings. The molecule has 0 spiro atoms. The summed E-state index contributed by atoms with van der Waals surface area (Å²) >= 11 is 0. The van der Waals surface area contributed by atoms with Gasteiger partial charge in [-0.3, -0.25) is 4.79 Å². The summed E-state index contributed by atoms with van der Waals surface area (Å²) in [7, 11) is -3.53. The van der Waals surface area contributed by atoms with Crippen LogP contribution in [0.5, 0.6) is 0 Å². The molecule has 0 aliphatic carbocycles. The van der Waals surface area contributed by atoms with Crippen LogP contribution in [-0.4, -0.2) is 55.8 Å². The van der Waals surface area contributed by atoms with Crippen LogP contribution in [-0.2, 0) is 14.8 Å². The van der Waals surface area contributed by atoms with Crippen molar-refractivity contribution >= 4 is 28.3 Å². The number of hydrogen-bond acceptors (Lipinski definition) is 4. The van der Waals surface area contributed by atoms with Gasteiger partial charge in [0.15, 0.2) is 0 Å². The van der Waals surface area contributed by atoms with E-state index in [4.69, 9.17) is 5.73 Å². The van der Waals surface area contributed by atoms with Crippen LogP contribution in [0.1, 0.15) is 31.4 Å². The molecule has 1 aromatic carbocycles. The highest BCUT2D eigenvalue weighted by atomic mass is 35.5. The third kappa shape index (κ3) is 4.76. The van der Waals surface area contributed by atoms with Crippen molar-refractivity contribution in [3.63, 3.8) is 0 Å². The molecule has 2 unspecified atom stereocenters. The number of nitrogens with two attached hydrogens (primary N) is 1. The van der Waals surface area contributed by atoms with Crippen LogP contribution in [0.25, 0.3) is 0 Å². The molecule has 1 heterocycles. The molecule has 1 aliphatic heterocycles. The van der Waals surface area contributed by atoms with Crippen LogP contribution in [0, 0.1) is 19.8 Å². The standard InChI is InChI=1S/C18H29N3O3S.ClH/c1-5-13(2)17(19)18(22)20-8-10-21(11-9-20)25(23,24)16-7-6-14(3)15(4)12-16;/h6-7,12-13,17H,5,8-11,19H2,1-4H3;1H. The maximum absolute atomic E-state index is 12.8. The molecule has 26 heavy (non-hydrogen) atoms. The van der Waals surface area contributed by atoms with E-state index in [1.54, 1.807) is 17.0 Å². The number of aryl methyl sites for hydroxylation is 2. The monoisotopic (exact) mass is 403 g/mol. The highest BCUT2D eigenvalue weighted by Gasteiger charge is 2.32. The van der Waals surface area contributed by atoms with Gasteiger partial charge in [0.2, 0.25) is 15.9 Å². The first-order chi connectivity index (χ1) is 11.7. The van der Waals surface area contributed by atoms with Crippen molar-refractivity contribution in [2.45, 2.75) is 45.1 Å². The average Bonchev–Trinajstić information content (AvgIpc) is 2.62. The summed E-state index contributed by atoms with van der Waals surface area (Å²) in [6.07, 6.45) is 0.841. The molecule has 1 saturated heterocycles. The topological polar surface area (TPSA) is 83.7 Å². The Morgan fingerprint density at radius 2 is 1.73 bits per heavy atom. The number of rotatable bonds is 5. The van der Waals surface area contributed by atoms with E-state index in [0.29, 0.717) is 31.1 Å². The Morgan fingerprint density at radius 3 is 2.23 bits per heavy atom. The van der Waals surface area contributed by atoms with Crippen molar-refractivity contribution in [1.29, 1.82) is 0 Å². The van der Waals surface area contributed by atoms with Crippen LogP contribution in [0.15, 0.2) is 23.1 Å². The summed E-state index contributed by atoms with van der Waals surface area (Å²) in [6, 6.07) is 4.66. The SMILES string of the molecule is CCC(C)C(N)C(=O)N1CCN(S(=O)(=O)c2ccc(C)c(C)c2)CC1.Cl. The number of sulfonamides is 1. The number of benzene rings is 1. The van der Waals surface area contributed by atoms with Gasteiger partial charge in [-0.25, -0.2) is 8.42 Å². The maximum atomic E-state index is 12.8. The second-order valence-corrected chi connectivity index (χ2v) is 8.82. The third-order valence-electron chi connectivity index (χ3n) is 5.21. The second-order valence-electron chi connectivity index (χ2n) is 6.89. The van der Waals surface area contributed by atoms with Crippen LogP contribution in [0.2, 0.25) is 0 Å². The maximum Gasteiger partial charge on any atom is 0.243 e. The third-order valence-corrected chi connectivity index (χ3v) is 7.10. The van der Waals surface area contributed by atoms with Gasteiger partial charge in [0.05, 0.1) is 10.9 Å². The predicted octanol–water partition coefficient (Wildman–Crippen LogP) is 1.93. The molecule has 0 aromatic heterocycles. The zero-order chi connectivity index (χ0) is 18.8. The van der Waals surface area contributed by atoms with E-state index in [1.165, 1.54) is 4.31 Å². The fourth-order valence-electron chi connectivity index (χ4n) is 2.88. The molecule has 6 nitrogen and oxygen atoms in total. The fourth-order valence-corrected chi connectivity index (χ4v) is 4.39. The van der Waals surface area contributed by atoms with Gasteiger partial charge >= 0.3 is 0 Å². The summed E-state index contributed by atoms with van der Waals surface area (Å²) in [4.78, 5) is 14.4. The number of carbonyl (C=O) groups excluding carboxylic acids is 1. The van der Waals surface area contributed by atoms with E-state index >= 15 is 0 Å². The Kier molecular flexibility index (Phi) is 8.07. The Bertz CT molecular complexity index is 731. The van der Waals surface area contributed by atoms with Crippen molar-refractivity contribution in [3.8, 4) is 0 Å². The predicted molar refractivity (Wildman–Crippen MR) is 106 cm³/mol. The first-order valence-electron chi connectivity index (χ1n) is 8.80. The van der Waals surface area contributed by atoms with Crippen LogP contribution in [0.4, 0.5) is 0 Å². The summed E-state index contributed by atoms with van der Waals surface area (Å²) in [5.74, 6) is 0.0300. The summed E-state index contributed by atoms with van der Waals surface area (Å²) < 4.78 is 27.1. The first-order valence-corrected chi connectivity index (χ1v) is 10.2. The molecule has 8 heteroatoms. The lowest BCUT2D eigenvalue weighted by Gasteiger charge is -2.36. The zero-order valence-corrected chi connectivity index (χ0v) is 17.6.